The van der Waals surface area contributed by atoms with Crippen LogP contribution in [-0.2, 0) is 6.42 Å². The molecule has 0 bridgehead atoms. The van der Waals surface area contributed by atoms with E-state index in [2.05, 4.69) is 57.1 Å². The first-order chi connectivity index (χ1) is 9.00. The minimum Gasteiger partial charge on any atom is -0.358 e. The molecule has 0 amide bonds. The highest BCUT2D eigenvalue weighted by atomic mass is 14.9. The van der Waals surface area contributed by atoms with E-state index in [1.807, 2.05) is 0 Å². The van der Waals surface area contributed by atoms with E-state index in [0.717, 1.165) is 13.0 Å². The molecule has 0 aliphatic carbocycles. The van der Waals surface area contributed by atoms with Gasteiger partial charge in [-0.05, 0) is 56.8 Å². The third kappa shape index (κ3) is 3.01. The van der Waals surface area contributed by atoms with Gasteiger partial charge >= 0.3 is 0 Å². The van der Waals surface area contributed by atoms with Crippen LogP contribution in [0.5, 0.6) is 0 Å². The fourth-order valence-corrected chi connectivity index (χ4v) is 2.67. The Hall–Kier alpha value is -1.28. The van der Waals surface area contributed by atoms with Gasteiger partial charge in [0.15, 0.2) is 0 Å². The quantitative estimate of drug-likeness (QED) is 0.779. The second kappa shape index (κ2) is 5.79. The molecule has 0 saturated carbocycles. The topological polar surface area (TPSA) is 27.8 Å². The fourth-order valence-electron chi connectivity index (χ4n) is 2.67. The second-order valence-electron chi connectivity index (χ2n) is 5.87. The van der Waals surface area contributed by atoms with E-state index in [1.54, 1.807) is 0 Å². The number of benzene rings is 1. The fraction of sp³-hybridized carbons (Fsp3) is 0.529. The van der Waals surface area contributed by atoms with Gasteiger partial charge in [0.1, 0.15) is 0 Å². The van der Waals surface area contributed by atoms with E-state index in [1.165, 1.54) is 39.7 Å². The Kier molecular flexibility index (Phi) is 4.31. The van der Waals surface area contributed by atoms with Crippen molar-refractivity contribution in [1.29, 1.82) is 0 Å². The Labute approximate surface area is 116 Å². The standard InChI is InChI=1S/C17H26N2/c1-11(2)18-10-6-7-15-14(5)19-17-13(4)12(3)8-9-16(15)17/h8-9,11,18-19H,6-7,10H2,1-5H3. The SMILES string of the molecule is Cc1ccc2c(CCCNC(C)C)c(C)[nH]c2c1C. The van der Waals surface area contributed by atoms with Crippen molar-refractivity contribution in [3.8, 4) is 0 Å². The van der Waals surface area contributed by atoms with Gasteiger partial charge < -0.3 is 10.3 Å². The van der Waals surface area contributed by atoms with Crippen molar-refractivity contribution in [2.75, 3.05) is 6.54 Å². The summed E-state index contributed by atoms with van der Waals surface area (Å²) in [5, 5.41) is 4.89. The number of H-pyrrole nitrogens is 1. The van der Waals surface area contributed by atoms with Crippen LogP contribution in [0.2, 0.25) is 0 Å². The molecule has 2 N–H and O–H groups in total. The minimum absolute atomic E-state index is 0.578. The molecule has 2 heteroatoms. The third-order valence-electron chi connectivity index (χ3n) is 3.98. The average molecular weight is 258 g/mol. The maximum absolute atomic E-state index is 3.57. The maximum Gasteiger partial charge on any atom is 0.0491 e. The monoisotopic (exact) mass is 258 g/mol. The summed E-state index contributed by atoms with van der Waals surface area (Å²) >= 11 is 0. The lowest BCUT2D eigenvalue weighted by Crippen LogP contribution is -2.23. The summed E-state index contributed by atoms with van der Waals surface area (Å²) in [6, 6.07) is 5.08. The normalized spacial score (nSPS) is 11.7. The maximum atomic E-state index is 3.57. The van der Waals surface area contributed by atoms with E-state index in [9.17, 15) is 0 Å². The van der Waals surface area contributed by atoms with Crippen molar-refractivity contribution in [2.45, 2.75) is 53.5 Å². The van der Waals surface area contributed by atoms with Crippen LogP contribution in [0, 0.1) is 20.8 Å². The predicted octanol–water partition coefficient (Wildman–Crippen LogP) is 4.02. The summed E-state index contributed by atoms with van der Waals surface area (Å²) in [5.41, 5.74) is 6.88. The van der Waals surface area contributed by atoms with Gasteiger partial charge in [-0.3, -0.25) is 0 Å². The molecule has 1 aromatic carbocycles. The van der Waals surface area contributed by atoms with Crippen molar-refractivity contribution in [1.82, 2.24) is 10.3 Å². The van der Waals surface area contributed by atoms with Crippen LogP contribution in [0.4, 0.5) is 0 Å². The second-order valence-corrected chi connectivity index (χ2v) is 5.87. The third-order valence-corrected chi connectivity index (χ3v) is 3.98. The van der Waals surface area contributed by atoms with Crippen LogP contribution >= 0.6 is 0 Å². The first-order valence-corrected chi connectivity index (χ1v) is 7.31. The molecule has 0 spiro atoms. The Morgan fingerprint density at radius 2 is 1.89 bits per heavy atom. The molecule has 104 valence electrons. The predicted molar refractivity (Wildman–Crippen MR) is 84.0 cm³/mol. The minimum atomic E-state index is 0.578. The van der Waals surface area contributed by atoms with Crippen molar-refractivity contribution < 1.29 is 0 Å². The molecule has 0 aliphatic heterocycles. The Balaban J connectivity index is 2.19. The molecule has 2 rings (SSSR count). The Bertz CT molecular complexity index is 564. The van der Waals surface area contributed by atoms with E-state index < -0.39 is 0 Å². The molecule has 1 heterocycles. The van der Waals surface area contributed by atoms with E-state index in [4.69, 9.17) is 0 Å². The van der Waals surface area contributed by atoms with Gasteiger partial charge in [0.2, 0.25) is 0 Å². The summed E-state index contributed by atoms with van der Waals surface area (Å²) < 4.78 is 0. The van der Waals surface area contributed by atoms with Crippen molar-refractivity contribution in [3.63, 3.8) is 0 Å². The molecule has 0 saturated heterocycles. The lowest BCUT2D eigenvalue weighted by molar-refractivity contribution is 0.570. The van der Waals surface area contributed by atoms with Gasteiger partial charge in [-0.25, -0.2) is 0 Å². The van der Waals surface area contributed by atoms with Crippen LogP contribution in [0.1, 0.15) is 42.7 Å². The van der Waals surface area contributed by atoms with E-state index in [-0.39, 0.29) is 0 Å². The summed E-state index contributed by atoms with van der Waals surface area (Å²) in [6.45, 7) is 12.1. The van der Waals surface area contributed by atoms with Crippen LogP contribution in [0.15, 0.2) is 12.1 Å². The zero-order valence-electron chi connectivity index (χ0n) is 12.9. The van der Waals surface area contributed by atoms with Crippen LogP contribution in [-0.4, -0.2) is 17.6 Å². The van der Waals surface area contributed by atoms with Crippen LogP contribution in [0.25, 0.3) is 10.9 Å². The van der Waals surface area contributed by atoms with Gasteiger partial charge in [-0.1, -0.05) is 26.0 Å². The van der Waals surface area contributed by atoms with Crippen molar-refractivity contribution in [2.24, 2.45) is 0 Å². The first-order valence-electron chi connectivity index (χ1n) is 7.31. The summed E-state index contributed by atoms with van der Waals surface area (Å²) in [4.78, 5) is 3.57. The first kappa shape index (κ1) is 14.1. The molecular formula is C17H26N2. The lowest BCUT2D eigenvalue weighted by Gasteiger charge is -2.08. The molecule has 2 nitrogen and oxygen atoms in total. The summed E-state index contributed by atoms with van der Waals surface area (Å²) in [5.74, 6) is 0. The molecule has 1 aromatic heterocycles. The number of rotatable bonds is 5. The van der Waals surface area contributed by atoms with Crippen molar-refractivity contribution in [3.05, 3.63) is 34.5 Å². The van der Waals surface area contributed by atoms with Crippen molar-refractivity contribution >= 4 is 10.9 Å². The van der Waals surface area contributed by atoms with Gasteiger partial charge in [0.05, 0.1) is 0 Å². The Morgan fingerprint density at radius 3 is 2.58 bits per heavy atom. The number of aryl methyl sites for hydroxylation is 4. The zero-order chi connectivity index (χ0) is 14.0. The number of aromatic nitrogens is 1. The van der Waals surface area contributed by atoms with Gasteiger partial charge in [-0.2, -0.15) is 0 Å². The van der Waals surface area contributed by atoms with E-state index >= 15 is 0 Å². The smallest absolute Gasteiger partial charge is 0.0491 e. The highest BCUT2D eigenvalue weighted by Crippen LogP contribution is 2.27. The molecule has 0 aliphatic rings. The summed E-state index contributed by atoms with van der Waals surface area (Å²) in [7, 11) is 0. The van der Waals surface area contributed by atoms with Crippen LogP contribution < -0.4 is 5.32 Å². The highest BCUT2D eigenvalue weighted by molar-refractivity contribution is 5.88. The molecule has 0 unspecified atom stereocenters. The Morgan fingerprint density at radius 1 is 1.16 bits per heavy atom. The zero-order valence-corrected chi connectivity index (χ0v) is 12.9. The average Bonchev–Trinajstić information content (AvgIpc) is 2.67. The molecular weight excluding hydrogens is 232 g/mol. The number of hydrogen-bond donors (Lipinski definition) is 2. The van der Waals surface area contributed by atoms with Gasteiger partial charge in [0.25, 0.3) is 0 Å². The molecule has 19 heavy (non-hydrogen) atoms. The molecule has 2 aromatic rings. The van der Waals surface area contributed by atoms with Crippen LogP contribution in [0.3, 0.4) is 0 Å². The number of aromatic amines is 1. The van der Waals surface area contributed by atoms with Gasteiger partial charge in [-0.15, -0.1) is 0 Å². The lowest BCUT2D eigenvalue weighted by atomic mass is 10.0. The van der Waals surface area contributed by atoms with E-state index in [0.29, 0.717) is 6.04 Å². The number of hydrogen-bond acceptors (Lipinski definition) is 1. The summed E-state index contributed by atoms with van der Waals surface area (Å²) in [6.07, 6.45) is 2.34. The molecule has 0 atom stereocenters. The number of nitrogens with one attached hydrogen (secondary N) is 2. The van der Waals surface area contributed by atoms with Gasteiger partial charge in [0, 0.05) is 22.6 Å². The molecule has 0 fully saturated rings. The highest BCUT2D eigenvalue weighted by Gasteiger charge is 2.10. The largest absolute Gasteiger partial charge is 0.358 e. The number of fused-ring (bicyclic) bond motifs is 1. The molecule has 0 radical (unpaired) electrons.